The van der Waals surface area contributed by atoms with Crippen LogP contribution in [0, 0.1) is 10.1 Å². The fourth-order valence-corrected chi connectivity index (χ4v) is 1.54. The maximum absolute atomic E-state index is 12.5. The quantitative estimate of drug-likeness (QED) is 0.469. The number of nitrogens with zero attached hydrogens (tertiary/aromatic N) is 1. The average molecular weight is 250 g/mol. The van der Waals surface area contributed by atoms with Gasteiger partial charge in [-0.05, 0) is 13.0 Å². The van der Waals surface area contributed by atoms with E-state index in [0.717, 1.165) is 19.1 Å². The predicted octanol–water partition coefficient (Wildman–Crippen LogP) is 3.39. The van der Waals surface area contributed by atoms with Crippen LogP contribution in [0.4, 0.5) is 14.5 Å². The molecule has 0 aromatic heterocycles. The number of alkyl halides is 2. The van der Waals surface area contributed by atoms with Crippen molar-refractivity contribution in [1.29, 1.82) is 0 Å². The monoisotopic (exact) mass is 249 g/mol. The molecule has 0 aliphatic carbocycles. The lowest BCUT2D eigenvalue weighted by Crippen LogP contribution is -2.06. The van der Waals surface area contributed by atoms with Gasteiger partial charge in [0.05, 0.1) is 4.92 Å². The molecule has 0 saturated heterocycles. The number of benzene rings is 1. The highest BCUT2D eigenvalue weighted by molar-refractivity contribution is 6.33. The van der Waals surface area contributed by atoms with E-state index in [4.69, 9.17) is 11.6 Å². The lowest BCUT2D eigenvalue weighted by molar-refractivity contribution is -0.385. The average Bonchev–Trinajstić information content (AvgIpc) is 2.15. The minimum absolute atomic E-state index is 0.334. The van der Waals surface area contributed by atoms with Crippen molar-refractivity contribution in [3.05, 3.63) is 38.4 Å². The number of rotatable bonds is 3. The molecule has 1 aromatic rings. The van der Waals surface area contributed by atoms with Gasteiger partial charge in [0, 0.05) is 5.56 Å². The molecular formula is C9H6ClF2NO3. The normalized spacial score (nSPS) is 10.6. The Morgan fingerprint density at radius 1 is 1.50 bits per heavy atom. The van der Waals surface area contributed by atoms with E-state index >= 15 is 0 Å². The minimum Gasteiger partial charge on any atom is -0.294 e. The number of halogens is 3. The zero-order valence-corrected chi connectivity index (χ0v) is 8.79. The van der Waals surface area contributed by atoms with Crippen LogP contribution in [0.15, 0.2) is 12.1 Å². The molecule has 4 nitrogen and oxygen atoms in total. The van der Waals surface area contributed by atoms with Crippen LogP contribution in [-0.4, -0.2) is 10.7 Å². The molecule has 0 unspecified atom stereocenters. The summed E-state index contributed by atoms with van der Waals surface area (Å²) in [6.07, 6.45) is -2.96. The topological polar surface area (TPSA) is 60.2 Å². The highest BCUT2D eigenvalue weighted by atomic mass is 35.5. The summed E-state index contributed by atoms with van der Waals surface area (Å²) < 4.78 is 25.1. The number of hydrogen-bond donors (Lipinski definition) is 0. The fraction of sp³-hybridized carbons (Fsp3) is 0.222. The number of Topliss-reactive ketones (excluding diaryl/α,β-unsaturated/α-hetero) is 1. The first kappa shape index (κ1) is 12.5. The lowest BCUT2D eigenvalue weighted by atomic mass is 10.0. The molecule has 0 aliphatic heterocycles. The van der Waals surface area contributed by atoms with Gasteiger partial charge < -0.3 is 0 Å². The third-order valence-corrected chi connectivity index (χ3v) is 2.24. The lowest BCUT2D eigenvalue weighted by Gasteiger charge is -2.07. The van der Waals surface area contributed by atoms with Crippen molar-refractivity contribution in [3.8, 4) is 0 Å². The van der Waals surface area contributed by atoms with Gasteiger partial charge in [-0.3, -0.25) is 14.9 Å². The summed E-state index contributed by atoms with van der Waals surface area (Å²) >= 11 is 5.51. The summed E-state index contributed by atoms with van der Waals surface area (Å²) in [5.74, 6) is -0.815. The standard InChI is InChI=1S/C9H6ClF2NO3/c1-4(14)7-5(9(11)12)2-3-6(10)8(7)13(15)16/h2-3,9H,1H3. The first-order valence-corrected chi connectivity index (χ1v) is 4.50. The summed E-state index contributed by atoms with van der Waals surface area (Å²) in [7, 11) is 0. The first-order valence-electron chi connectivity index (χ1n) is 4.12. The van der Waals surface area contributed by atoms with E-state index in [0.29, 0.717) is 0 Å². The molecule has 7 heteroatoms. The van der Waals surface area contributed by atoms with E-state index in [-0.39, 0.29) is 5.02 Å². The van der Waals surface area contributed by atoms with Gasteiger partial charge in [0.15, 0.2) is 5.78 Å². The summed E-state index contributed by atoms with van der Waals surface area (Å²) in [4.78, 5) is 20.9. The Kier molecular flexibility index (Phi) is 3.54. The van der Waals surface area contributed by atoms with E-state index in [1.807, 2.05) is 0 Å². The van der Waals surface area contributed by atoms with Crippen LogP contribution >= 0.6 is 11.6 Å². The number of carbonyl (C=O) groups is 1. The third-order valence-electron chi connectivity index (χ3n) is 1.93. The summed E-state index contributed by atoms with van der Waals surface area (Å²) in [6.45, 7) is 0.977. The van der Waals surface area contributed by atoms with Crippen molar-refractivity contribution < 1.29 is 18.5 Å². The van der Waals surface area contributed by atoms with Gasteiger partial charge in [0.1, 0.15) is 10.6 Å². The maximum Gasteiger partial charge on any atom is 0.299 e. The van der Waals surface area contributed by atoms with E-state index < -0.39 is 33.9 Å². The highest BCUT2D eigenvalue weighted by Crippen LogP contribution is 2.35. The SMILES string of the molecule is CC(=O)c1c(C(F)F)ccc(Cl)c1[N+](=O)[O-]. The number of ketones is 1. The second-order valence-electron chi connectivity index (χ2n) is 2.97. The molecule has 1 rings (SSSR count). The number of hydrogen-bond acceptors (Lipinski definition) is 3. The van der Waals surface area contributed by atoms with Gasteiger partial charge in [-0.2, -0.15) is 0 Å². The molecule has 0 radical (unpaired) electrons. The Bertz CT molecular complexity index is 462. The largest absolute Gasteiger partial charge is 0.299 e. The van der Waals surface area contributed by atoms with Gasteiger partial charge in [-0.1, -0.05) is 17.7 Å². The molecule has 0 atom stereocenters. The van der Waals surface area contributed by atoms with Crippen LogP contribution < -0.4 is 0 Å². The zero-order chi connectivity index (χ0) is 12.5. The second-order valence-corrected chi connectivity index (χ2v) is 3.38. The summed E-state index contributed by atoms with van der Waals surface area (Å²) in [5.41, 5.74) is -2.08. The Labute approximate surface area is 94.0 Å². The van der Waals surface area contributed by atoms with Crippen LogP contribution in [0.3, 0.4) is 0 Å². The van der Waals surface area contributed by atoms with Crippen molar-refractivity contribution in [2.24, 2.45) is 0 Å². The molecule has 0 amide bonds. The molecule has 0 fully saturated rings. The van der Waals surface area contributed by atoms with E-state index in [9.17, 15) is 23.7 Å². The Hall–Kier alpha value is -1.56. The molecule has 0 spiro atoms. The van der Waals surface area contributed by atoms with Crippen LogP contribution in [0.1, 0.15) is 29.3 Å². The first-order chi connectivity index (χ1) is 7.36. The molecule has 16 heavy (non-hydrogen) atoms. The molecule has 0 aliphatic rings. The van der Waals surface area contributed by atoms with Gasteiger partial charge in [0.2, 0.25) is 0 Å². The molecule has 0 N–H and O–H groups in total. The van der Waals surface area contributed by atoms with Crippen LogP contribution in [0.25, 0.3) is 0 Å². The van der Waals surface area contributed by atoms with Crippen molar-refractivity contribution in [1.82, 2.24) is 0 Å². The third kappa shape index (κ3) is 2.16. The van der Waals surface area contributed by atoms with Gasteiger partial charge >= 0.3 is 0 Å². The molecule has 0 bridgehead atoms. The number of nitro benzene ring substituents is 1. The highest BCUT2D eigenvalue weighted by Gasteiger charge is 2.28. The van der Waals surface area contributed by atoms with E-state index in [1.165, 1.54) is 0 Å². The molecule has 1 aromatic carbocycles. The van der Waals surface area contributed by atoms with Crippen molar-refractivity contribution >= 4 is 23.1 Å². The fourth-order valence-electron chi connectivity index (χ4n) is 1.31. The van der Waals surface area contributed by atoms with E-state index in [1.54, 1.807) is 0 Å². The van der Waals surface area contributed by atoms with Crippen molar-refractivity contribution in [2.75, 3.05) is 0 Å². The number of nitro groups is 1. The van der Waals surface area contributed by atoms with Crippen LogP contribution in [0.2, 0.25) is 5.02 Å². The smallest absolute Gasteiger partial charge is 0.294 e. The maximum atomic E-state index is 12.5. The van der Waals surface area contributed by atoms with Crippen molar-refractivity contribution in [3.63, 3.8) is 0 Å². The Balaban J connectivity index is 3.63. The Morgan fingerprint density at radius 2 is 2.06 bits per heavy atom. The molecule has 0 saturated carbocycles. The van der Waals surface area contributed by atoms with Crippen LogP contribution in [0.5, 0.6) is 0 Å². The number of carbonyl (C=O) groups excluding carboxylic acids is 1. The van der Waals surface area contributed by atoms with Crippen LogP contribution in [-0.2, 0) is 0 Å². The van der Waals surface area contributed by atoms with Crippen molar-refractivity contribution in [2.45, 2.75) is 13.3 Å². The zero-order valence-electron chi connectivity index (χ0n) is 8.04. The van der Waals surface area contributed by atoms with Gasteiger partial charge in [-0.25, -0.2) is 8.78 Å². The Morgan fingerprint density at radius 3 is 2.44 bits per heavy atom. The minimum atomic E-state index is -2.96. The van der Waals surface area contributed by atoms with Gasteiger partial charge in [0.25, 0.3) is 12.1 Å². The second kappa shape index (κ2) is 4.52. The molecule has 86 valence electrons. The predicted molar refractivity (Wildman–Crippen MR) is 53.1 cm³/mol. The van der Waals surface area contributed by atoms with E-state index in [2.05, 4.69) is 0 Å². The van der Waals surface area contributed by atoms with Gasteiger partial charge in [-0.15, -0.1) is 0 Å². The summed E-state index contributed by atoms with van der Waals surface area (Å²) in [6, 6.07) is 1.89. The molecule has 0 heterocycles. The molecular weight excluding hydrogens is 244 g/mol. The summed E-state index contributed by atoms with van der Waals surface area (Å²) in [5, 5.41) is 10.3.